The van der Waals surface area contributed by atoms with Crippen LogP contribution >= 0.6 is 0 Å². The van der Waals surface area contributed by atoms with Crippen molar-refractivity contribution in [3.63, 3.8) is 0 Å². The lowest BCUT2D eigenvalue weighted by molar-refractivity contribution is -0.122. The molecular weight excluding hydrogens is 148 g/mol. The summed E-state index contributed by atoms with van der Waals surface area (Å²) in [6.07, 6.45) is 7.70. The topological polar surface area (TPSA) is 17.1 Å². The van der Waals surface area contributed by atoms with E-state index in [4.69, 9.17) is 0 Å². The molecule has 1 unspecified atom stereocenters. The van der Waals surface area contributed by atoms with Crippen LogP contribution in [-0.2, 0) is 4.79 Å². The van der Waals surface area contributed by atoms with E-state index in [-0.39, 0.29) is 0 Å². The van der Waals surface area contributed by atoms with E-state index >= 15 is 0 Å². The molecule has 1 aliphatic carbocycles. The number of hydrogen-bond acceptors (Lipinski definition) is 1. The normalized spacial score (nSPS) is 23.1. The van der Waals surface area contributed by atoms with E-state index in [2.05, 4.69) is 12.7 Å². The fraction of sp³-hybridized carbons (Fsp3) is 0.545. The van der Waals surface area contributed by atoms with Crippen molar-refractivity contribution in [2.75, 3.05) is 0 Å². The zero-order valence-corrected chi connectivity index (χ0v) is 7.68. The highest BCUT2D eigenvalue weighted by atomic mass is 16.1. The average Bonchev–Trinajstić information content (AvgIpc) is 2.17. The standard InChI is InChI=1S/C11H16O/c1-3-9-5-7-10(8-6-9)11(12)4-2/h3,5,10H,1,4,6-8H2,2H3. The molecule has 0 N–H and O–H groups in total. The minimum Gasteiger partial charge on any atom is -0.299 e. The number of carbonyl (C=O) groups is 1. The van der Waals surface area contributed by atoms with Crippen molar-refractivity contribution >= 4 is 5.78 Å². The van der Waals surface area contributed by atoms with E-state index in [0.29, 0.717) is 18.1 Å². The molecule has 1 atom stereocenters. The number of Topliss-reactive ketones (excluding diaryl/α,β-unsaturated/α-hetero) is 1. The SMILES string of the molecule is C=CC1=CCC(C(=O)CC)CC1. The van der Waals surface area contributed by atoms with Crippen molar-refractivity contribution in [2.45, 2.75) is 32.6 Å². The van der Waals surface area contributed by atoms with Gasteiger partial charge >= 0.3 is 0 Å². The summed E-state index contributed by atoms with van der Waals surface area (Å²) < 4.78 is 0. The number of hydrogen-bond donors (Lipinski definition) is 0. The Morgan fingerprint density at radius 3 is 3.00 bits per heavy atom. The van der Waals surface area contributed by atoms with Crippen LogP contribution in [0.15, 0.2) is 24.3 Å². The van der Waals surface area contributed by atoms with Crippen LogP contribution < -0.4 is 0 Å². The molecule has 0 saturated heterocycles. The van der Waals surface area contributed by atoms with Gasteiger partial charge in [0.1, 0.15) is 5.78 Å². The van der Waals surface area contributed by atoms with Gasteiger partial charge < -0.3 is 0 Å². The number of ketones is 1. The molecule has 0 aromatic heterocycles. The van der Waals surface area contributed by atoms with Crippen LogP contribution in [0.2, 0.25) is 0 Å². The molecule has 0 spiro atoms. The first-order valence-corrected chi connectivity index (χ1v) is 4.62. The van der Waals surface area contributed by atoms with Gasteiger partial charge in [-0.15, -0.1) is 0 Å². The minimum absolute atomic E-state index is 0.290. The molecule has 0 aromatic carbocycles. The zero-order valence-electron chi connectivity index (χ0n) is 7.68. The first-order chi connectivity index (χ1) is 5.77. The van der Waals surface area contributed by atoms with Gasteiger partial charge in [-0.3, -0.25) is 4.79 Å². The van der Waals surface area contributed by atoms with E-state index < -0.39 is 0 Å². The van der Waals surface area contributed by atoms with Gasteiger partial charge in [0.15, 0.2) is 0 Å². The van der Waals surface area contributed by atoms with Gasteiger partial charge in [0.05, 0.1) is 0 Å². The Labute approximate surface area is 74.2 Å². The molecule has 0 aromatic rings. The third-order valence-corrected chi connectivity index (χ3v) is 2.51. The summed E-state index contributed by atoms with van der Waals surface area (Å²) in [5.74, 6) is 0.702. The second-order valence-corrected chi connectivity index (χ2v) is 3.27. The summed E-state index contributed by atoms with van der Waals surface area (Å²) in [7, 11) is 0. The smallest absolute Gasteiger partial charge is 0.136 e. The van der Waals surface area contributed by atoms with Gasteiger partial charge in [-0.25, -0.2) is 0 Å². The lowest BCUT2D eigenvalue weighted by atomic mass is 9.86. The molecule has 0 bridgehead atoms. The number of carbonyl (C=O) groups excluding carboxylic acids is 1. The van der Waals surface area contributed by atoms with Crippen molar-refractivity contribution in [2.24, 2.45) is 5.92 Å². The van der Waals surface area contributed by atoms with Crippen LogP contribution in [0.25, 0.3) is 0 Å². The quantitative estimate of drug-likeness (QED) is 0.626. The summed E-state index contributed by atoms with van der Waals surface area (Å²) in [6.45, 7) is 5.66. The van der Waals surface area contributed by atoms with E-state index in [0.717, 1.165) is 19.3 Å². The molecule has 0 aliphatic heterocycles. The molecular formula is C11H16O. The maximum absolute atomic E-state index is 11.3. The third-order valence-electron chi connectivity index (χ3n) is 2.51. The van der Waals surface area contributed by atoms with Crippen LogP contribution in [0.1, 0.15) is 32.6 Å². The largest absolute Gasteiger partial charge is 0.299 e. The second-order valence-electron chi connectivity index (χ2n) is 3.27. The van der Waals surface area contributed by atoms with Crippen LogP contribution in [0.4, 0.5) is 0 Å². The molecule has 0 saturated carbocycles. The minimum atomic E-state index is 0.290. The van der Waals surface area contributed by atoms with Crippen LogP contribution in [0, 0.1) is 5.92 Å². The Balaban J connectivity index is 2.51. The monoisotopic (exact) mass is 164 g/mol. The molecule has 1 rings (SSSR count). The van der Waals surface area contributed by atoms with Gasteiger partial charge in [-0.05, 0) is 19.3 Å². The molecule has 0 amide bonds. The van der Waals surface area contributed by atoms with Gasteiger partial charge in [-0.2, -0.15) is 0 Å². The van der Waals surface area contributed by atoms with Gasteiger partial charge in [0.25, 0.3) is 0 Å². The first kappa shape index (κ1) is 9.24. The van der Waals surface area contributed by atoms with Gasteiger partial charge in [0, 0.05) is 12.3 Å². The Morgan fingerprint density at radius 2 is 2.58 bits per heavy atom. The molecule has 0 radical (unpaired) electrons. The Kier molecular flexibility index (Phi) is 3.27. The molecule has 0 fully saturated rings. The lowest BCUT2D eigenvalue weighted by Crippen LogP contribution is -2.15. The number of allylic oxidation sites excluding steroid dienone is 3. The van der Waals surface area contributed by atoms with Crippen LogP contribution in [0.3, 0.4) is 0 Å². The molecule has 1 aliphatic rings. The van der Waals surface area contributed by atoms with Crippen molar-refractivity contribution in [1.29, 1.82) is 0 Å². The Hall–Kier alpha value is -0.850. The Morgan fingerprint density at radius 1 is 1.83 bits per heavy atom. The number of rotatable bonds is 3. The van der Waals surface area contributed by atoms with Crippen LogP contribution in [0.5, 0.6) is 0 Å². The van der Waals surface area contributed by atoms with Crippen molar-refractivity contribution in [3.05, 3.63) is 24.3 Å². The van der Waals surface area contributed by atoms with Gasteiger partial charge in [-0.1, -0.05) is 31.2 Å². The first-order valence-electron chi connectivity index (χ1n) is 4.62. The fourth-order valence-electron chi connectivity index (χ4n) is 1.62. The predicted octanol–water partition coefficient (Wildman–Crippen LogP) is 2.88. The summed E-state index contributed by atoms with van der Waals surface area (Å²) >= 11 is 0. The van der Waals surface area contributed by atoms with Gasteiger partial charge in [0.2, 0.25) is 0 Å². The summed E-state index contributed by atoms with van der Waals surface area (Å²) in [4.78, 5) is 11.3. The molecule has 66 valence electrons. The second kappa shape index (κ2) is 4.24. The summed E-state index contributed by atoms with van der Waals surface area (Å²) in [5.41, 5.74) is 1.30. The molecule has 0 heterocycles. The van der Waals surface area contributed by atoms with Crippen LogP contribution in [-0.4, -0.2) is 5.78 Å². The highest BCUT2D eigenvalue weighted by Crippen LogP contribution is 2.25. The highest BCUT2D eigenvalue weighted by Gasteiger charge is 2.18. The Bertz CT molecular complexity index is 213. The highest BCUT2D eigenvalue weighted by molar-refractivity contribution is 5.81. The molecule has 1 heteroatoms. The maximum atomic E-state index is 11.3. The third kappa shape index (κ3) is 2.07. The zero-order chi connectivity index (χ0) is 8.97. The van der Waals surface area contributed by atoms with Crippen molar-refractivity contribution < 1.29 is 4.79 Å². The molecule has 1 nitrogen and oxygen atoms in total. The molecule has 12 heavy (non-hydrogen) atoms. The van der Waals surface area contributed by atoms with E-state index in [1.807, 2.05) is 13.0 Å². The lowest BCUT2D eigenvalue weighted by Gasteiger charge is -2.18. The van der Waals surface area contributed by atoms with E-state index in [1.54, 1.807) is 0 Å². The van der Waals surface area contributed by atoms with Crippen molar-refractivity contribution in [3.8, 4) is 0 Å². The maximum Gasteiger partial charge on any atom is 0.136 e. The fourth-order valence-corrected chi connectivity index (χ4v) is 1.62. The van der Waals surface area contributed by atoms with Crippen molar-refractivity contribution in [1.82, 2.24) is 0 Å². The summed E-state index contributed by atoms with van der Waals surface area (Å²) in [6, 6.07) is 0. The van der Waals surface area contributed by atoms with E-state index in [1.165, 1.54) is 5.57 Å². The average molecular weight is 164 g/mol. The summed E-state index contributed by atoms with van der Waals surface area (Å²) in [5, 5.41) is 0. The van der Waals surface area contributed by atoms with E-state index in [9.17, 15) is 4.79 Å². The predicted molar refractivity (Wildman–Crippen MR) is 50.9 cm³/mol.